The molecule has 2 unspecified atom stereocenters. The first-order valence-corrected chi connectivity index (χ1v) is 5.97. The molecular formula is C13H19F3N2. The molecule has 1 N–H and O–H groups in total. The number of nitrogens with zero attached hydrogens (tertiary/aromatic N) is 1. The van der Waals surface area contributed by atoms with E-state index in [4.69, 9.17) is 0 Å². The summed E-state index contributed by atoms with van der Waals surface area (Å²) in [5, 5.41) is 2.97. The zero-order chi connectivity index (χ0) is 13.9. The first-order valence-electron chi connectivity index (χ1n) is 5.97. The lowest BCUT2D eigenvalue weighted by molar-refractivity contribution is -0.138. The van der Waals surface area contributed by atoms with E-state index >= 15 is 0 Å². The molecule has 0 amide bonds. The van der Waals surface area contributed by atoms with Gasteiger partial charge in [0.05, 0.1) is 5.56 Å². The number of rotatable bonds is 4. The normalized spacial score (nSPS) is 15.8. The number of alkyl halides is 3. The summed E-state index contributed by atoms with van der Waals surface area (Å²) in [4.78, 5) is 3.83. The minimum absolute atomic E-state index is 0.0836. The molecule has 0 spiro atoms. The molecule has 102 valence electrons. The summed E-state index contributed by atoms with van der Waals surface area (Å²) in [5.74, 6) is 0.365. The predicted octanol–water partition coefficient (Wildman–Crippen LogP) is 3.65. The maximum absolute atomic E-state index is 13.0. The van der Waals surface area contributed by atoms with Crippen LogP contribution in [0.2, 0.25) is 0 Å². The molecule has 0 saturated carbocycles. The van der Waals surface area contributed by atoms with E-state index in [1.807, 2.05) is 20.8 Å². The topological polar surface area (TPSA) is 24.9 Å². The van der Waals surface area contributed by atoms with Crippen LogP contribution >= 0.6 is 0 Å². The molecule has 0 aliphatic heterocycles. The Morgan fingerprint density at radius 3 is 2.28 bits per heavy atom. The van der Waals surface area contributed by atoms with E-state index in [9.17, 15) is 13.2 Å². The first-order chi connectivity index (χ1) is 8.29. The smallest absolute Gasteiger partial charge is 0.313 e. The van der Waals surface area contributed by atoms with Crippen LogP contribution in [0.15, 0.2) is 18.5 Å². The molecule has 0 fully saturated rings. The third kappa shape index (κ3) is 3.22. The molecule has 5 heteroatoms. The second-order valence-corrected chi connectivity index (χ2v) is 4.83. The van der Waals surface area contributed by atoms with Crippen LogP contribution in [0.25, 0.3) is 0 Å². The van der Waals surface area contributed by atoms with Crippen molar-refractivity contribution in [1.82, 2.24) is 10.3 Å². The molecule has 0 bridgehead atoms. The molecule has 0 aliphatic rings. The van der Waals surface area contributed by atoms with Gasteiger partial charge in [-0.1, -0.05) is 20.8 Å². The highest BCUT2D eigenvalue weighted by Gasteiger charge is 2.36. The predicted molar refractivity (Wildman–Crippen MR) is 65.0 cm³/mol. The fourth-order valence-electron chi connectivity index (χ4n) is 2.00. The summed E-state index contributed by atoms with van der Waals surface area (Å²) >= 11 is 0. The lowest BCUT2D eigenvalue weighted by atomic mass is 9.85. The number of hydrogen-bond acceptors (Lipinski definition) is 2. The van der Waals surface area contributed by atoms with E-state index in [1.165, 1.54) is 12.4 Å². The van der Waals surface area contributed by atoms with Gasteiger partial charge in [0.25, 0.3) is 0 Å². The van der Waals surface area contributed by atoms with E-state index in [0.29, 0.717) is 0 Å². The van der Waals surface area contributed by atoms with E-state index in [1.54, 1.807) is 7.05 Å². The summed E-state index contributed by atoms with van der Waals surface area (Å²) in [6, 6.07) is 0.683. The van der Waals surface area contributed by atoms with Gasteiger partial charge in [-0.15, -0.1) is 0 Å². The van der Waals surface area contributed by atoms with Crippen LogP contribution in [0, 0.1) is 11.8 Å². The van der Waals surface area contributed by atoms with E-state index in [-0.39, 0.29) is 23.4 Å². The van der Waals surface area contributed by atoms with Crippen molar-refractivity contribution >= 4 is 0 Å². The van der Waals surface area contributed by atoms with Crippen LogP contribution in [0.3, 0.4) is 0 Å². The average Bonchev–Trinajstić information content (AvgIpc) is 2.29. The average molecular weight is 260 g/mol. The maximum Gasteiger partial charge on any atom is 0.416 e. The molecule has 1 aromatic heterocycles. The Morgan fingerprint density at radius 1 is 1.22 bits per heavy atom. The molecule has 1 aromatic rings. The zero-order valence-electron chi connectivity index (χ0n) is 11.0. The van der Waals surface area contributed by atoms with Crippen molar-refractivity contribution in [2.24, 2.45) is 11.8 Å². The molecule has 0 aromatic carbocycles. The van der Waals surface area contributed by atoms with Crippen LogP contribution in [0.1, 0.15) is 37.9 Å². The quantitative estimate of drug-likeness (QED) is 0.893. The lowest BCUT2D eigenvalue weighted by Crippen LogP contribution is -2.29. The summed E-state index contributed by atoms with van der Waals surface area (Å²) < 4.78 is 38.9. The van der Waals surface area contributed by atoms with Crippen molar-refractivity contribution < 1.29 is 13.2 Å². The van der Waals surface area contributed by atoms with Gasteiger partial charge < -0.3 is 5.32 Å². The summed E-state index contributed by atoms with van der Waals surface area (Å²) in [5.41, 5.74) is -0.391. The van der Waals surface area contributed by atoms with E-state index < -0.39 is 11.7 Å². The van der Waals surface area contributed by atoms with Crippen molar-refractivity contribution in [2.45, 2.75) is 33.0 Å². The van der Waals surface area contributed by atoms with Crippen molar-refractivity contribution in [2.75, 3.05) is 7.05 Å². The zero-order valence-corrected chi connectivity index (χ0v) is 11.0. The fourth-order valence-corrected chi connectivity index (χ4v) is 2.00. The molecular weight excluding hydrogens is 241 g/mol. The second-order valence-electron chi connectivity index (χ2n) is 4.83. The van der Waals surface area contributed by atoms with Gasteiger partial charge in [-0.3, -0.25) is 4.98 Å². The third-order valence-electron chi connectivity index (χ3n) is 3.38. The SMILES string of the molecule is CNC(c1cnccc1C(F)(F)F)C(C)C(C)C. The van der Waals surface area contributed by atoms with Crippen LogP contribution in [0.4, 0.5) is 13.2 Å². The number of halogens is 3. The number of nitrogens with one attached hydrogen (secondary N) is 1. The first kappa shape index (κ1) is 15.0. The van der Waals surface area contributed by atoms with Crippen LogP contribution in [-0.4, -0.2) is 12.0 Å². The minimum Gasteiger partial charge on any atom is -0.313 e. The molecule has 1 rings (SSSR count). The Labute approximate surface area is 106 Å². The summed E-state index contributed by atoms with van der Waals surface area (Å²) in [6.45, 7) is 5.94. The van der Waals surface area contributed by atoms with Crippen LogP contribution in [-0.2, 0) is 6.18 Å². The summed E-state index contributed by atoms with van der Waals surface area (Å²) in [7, 11) is 1.68. The number of hydrogen-bond donors (Lipinski definition) is 1. The molecule has 18 heavy (non-hydrogen) atoms. The number of pyridine rings is 1. The van der Waals surface area contributed by atoms with E-state index in [0.717, 1.165) is 6.07 Å². The Balaban J connectivity index is 3.22. The minimum atomic E-state index is -4.34. The van der Waals surface area contributed by atoms with Gasteiger partial charge in [0.1, 0.15) is 0 Å². The molecule has 2 atom stereocenters. The Kier molecular flexibility index (Phi) is 4.73. The Bertz CT molecular complexity index is 388. The van der Waals surface area contributed by atoms with Crippen LogP contribution in [0.5, 0.6) is 0 Å². The van der Waals surface area contributed by atoms with Crippen molar-refractivity contribution in [1.29, 1.82) is 0 Å². The van der Waals surface area contributed by atoms with Gasteiger partial charge in [0.15, 0.2) is 0 Å². The molecule has 0 saturated heterocycles. The molecule has 2 nitrogen and oxygen atoms in total. The fraction of sp³-hybridized carbons (Fsp3) is 0.615. The third-order valence-corrected chi connectivity index (χ3v) is 3.38. The largest absolute Gasteiger partial charge is 0.416 e. The van der Waals surface area contributed by atoms with Gasteiger partial charge in [0, 0.05) is 18.4 Å². The van der Waals surface area contributed by atoms with E-state index in [2.05, 4.69) is 10.3 Å². The standard InChI is InChI=1S/C13H19F3N2/c1-8(2)9(3)12(17-4)10-7-18-6-5-11(10)13(14,15)16/h5-9,12,17H,1-4H3. The molecule has 0 aliphatic carbocycles. The Morgan fingerprint density at radius 2 is 1.83 bits per heavy atom. The highest BCUT2D eigenvalue weighted by atomic mass is 19.4. The number of aromatic nitrogens is 1. The molecule has 1 heterocycles. The molecule has 0 radical (unpaired) electrons. The van der Waals surface area contributed by atoms with Crippen molar-refractivity contribution in [3.05, 3.63) is 29.6 Å². The second kappa shape index (κ2) is 5.69. The van der Waals surface area contributed by atoms with Crippen LogP contribution < -0.4 is 5.32 Å². The van der Waals surface area contributed by atoms with Crippen molar-refractivity contribution in [3.63, 3.8) is 0 Å². The maximum atomic E-state index is 13.0. The lowest BCUT2D eigenvalue weighted by Gasteiger charge is -2.28. The monoisotopic (exact) mass is 260 g/mol. The van der Waals surface area contributed by atoms with Gasteiger partial charge in [-0.05, 0) is 30.5 Å². The summed E-state index contributed by atoms with van der Waals surface area (Å²) in [6.07, 6.45) is -1.86. The van der Waals surface area contributed by atoms with Gasteiger partial charge in [-0.25, -0.2) is 0 Å². The van der Waals surface area contributed by atoms with Gasteiger partial charge in [-0.2, -0.15) is 13.2 Å². The Hall–Kier alpha value is -1.10. The van der Waals surface area contributed by atoms with Gasteiger partial charge >= 0.3 is 6.18 Å². The van der Waals surface area contributed by atoms with Crippen molar-refractivity contribution in [3.8, 4) is 0 Å². The highest BCUT2D eigenvalue weighted by Crippen LogP contribution is 2.37. The highest BCUT2D eigenvalue weighted by molar-refractivity contribution is 5.29. The van der Waals surface area contributed by atoms with Gasteiger partial charge in [0.2, 0.25) is 0 Å².